The molecule has 0 unspecified atom stereocenters. The minimum atomic E-state index is -0.187. The van der Waals surface area contributed by atoms with Gasteiger partial charge in [-0.1, -0.05) is 23.4 Å². The third-order valence-electron chi connectivity index (χ3n) is 5.49. The van der Waals surface area contributed by atoms with E-state index in [0.29, 0.717) is 36.1 Å². The fourth-order valence-electron chi connectivity index (χ4n) is 3.91. The van der Waals surface area contributed by atoms with Crippen molar-refractivity contribution in [1.29, 1.82) is 0 Å². The second-order valence-electron chi connectivity index (χ2n) is 8.14. The number of hydrogen-bond acceptors (Lipinski definition) is 8. The zero-order chi connectivity index (χ0) is 22.7. The van der Waals surface area contributed by atoms with Crippen molar-refractivity contribution < 1.29 is 18.8 Å². The van der Waals surface area contributed by atoms with Crippen molar-refractivity contribution in [3.05, 3.63) is 47.5 Å². The first kappa shape index (κ1) is 21.8. The van der Waals surface area contributed by atoms with Crippen LogP contribution in [0.5, 0.6) is 5.75 Å². The van der Waals surface area contributed by atoms with Crippen LogP contribution in [0, 0.1) is 0 Å². The SMILES string of the molecule is COC(=O)CCN1CCc2c(cccc2-c2noc(-c3ccc(OC(C)C)c(N)c3)n2)C1. The zero-order valence-corrected chi connectivity index (χ0v) is 18.6. The molecule has 4 rings (SSSR count). The average molecular weight is 437 g/mol. The summed E-state index contributed by atoms with van der Waals surface area (Å²) < 4.78 is 16.0. The lowest BCUT2D eigenvalue weighted by atomic mass is 9.94. The van der Waals surface area contributed by atoms with Gasteiger partial charge in [0.15, 0.2) is 0 Å². The van der Waals surface area contributed by atoms with Crippen LogP contribution >= 0.6 is 0 Å². The number of carbonyl (C=O) groups is 1. The largest absolute Gasteiger partial charge is 0.489 e. The number of esters is 1. The van der Waals surface area contributed by atoms with Crippen molar-refractivity contribution in [2.45, 2.75) is 39.3 Å². The Labute approximate surface area is 187 Å². The quantitative estimate of drug-likeness (QED) is 0.442. The molecule has 8 nitrogen and oxygen atoms in total. The molecule has 0 saturated carbocycles. The molecule has 0 amide bonds. The number of rotatable bonds is 7. The average Bonchev–Trinajstić information content (AvgIpc) is 3.28. The molecule has 0 spiro atoms. The molecule has 2 N–H and O–H groups in total. The molecule has 0 aliphatic carbocycles. The predicted molar refractivity (Wildman–Crippen MR) is 121 cm³/mol. The first-order chi connectivity index (χ1) is 15.4. The van der Waals surface area contributed by atoms with E-state index in [-0.39, 0.29) is 12.1 Å². The fourth-order valence-corrected chi connectivity index (χ4v) is 3.91. The molecule has 8 heteroatoms. The summed E-state index contributed by atoms with van der Waals surface area (Å²) in [6, 6.07) is 11.6. The summed E-state index contributed by atoms with van der Waals surface area (Å²) >= 11 is 0. The predicted octanol–water partition coefficient (Wildman–Crippen LogP) is 3.69. The number of ether oxygens (including phenoxy) is 2. The standard InChI is InChI=1S/C24H28N4O4/c1-15(2)31-21-8-7-16(13-20(21)25)24-26-23(27-32-24)19-6-4-5-17-14-28(11-9-18(17)19)12-10-22(29)30-3/h4-8,13,15H,9-12,14,25H2,1-3H3. The van der Waals surface area contributed by atoms with Crippen LogP contribution in [0.3, 0.4) is 0 Å². The minimum absolute atomic E-state index is 0.0406. The molecule has 32 heavy (non-hydrogen) atoms. The van der Waals surface area contributed by atoms with Crippen molar-refractivity contribution in [2.24, 2.45) is 0 Å². The highest BCUT2D eigenvalue weighted by Crippen LogP contribution is 2.32. The van der Waals surface area contributed by atoms with E-state index >= 15 is 0 Å². The lowest BCUT2D eigenvalue weighted by Crippen LogP contribution is -2.32. The monoisotopic (exact) mass is 436 g/mol. The number of carbonyl (C=O) groups excluding carboxylic acids is 1. The first-order valence-corrected chi connectivity index (χ1v) is 10.7. The van der Waals surface area contributed by atoms with Gasteiger partial charge in [0.25, 0.3) is 5.89 Å². The molecule has 1 aliphatic rings. The maximum atomic E-state index is 11.5. The number of nitrogen functional groups attached to an aromatic ring is 1. The summed E-state index contributed by atoms with van der Waals surface area (Å²) in [6.45, 7) is 6.23. The van der Waals surface area contributed by atoms with Gasteiger partial charge < -0.3 is 19.7 Å². The zero-order valence-electron chi connectivity index (χ0n) is 18.6. The third-order valence-corrected chi connectivity index (χ3v) is 5.49. The molecule has 0 bridgehead atoms. The molecule has 0 radical (unpaired) electrons. The summed E-state index contributed by atoms with van der Waals surface area (Å²) in [7, 11) is 1.42. The summed E-state index contributed by atoms with van der Waals surface area (Å²) in [5.41, 5.74) is 10.8. The van der Waals surface area contributed by atoms with Crippen LogP contribution in [0.25, 0.3) is 22.8 Å². The van der Waals surface area contributed by atoms with Crippen molar-refractivity contribution in [1.82, 2.24) is 15.0 Å². The van der Waals surface area contributed by atoms with Crippen molar-refractivity contribution in [2.75, 3.05) is 25.9 Å². The number of nitrogens with zero attached hydrogens (tertiary/aromatic N) is 3. The Kier molecular flexibility index (Phi) is 6.41. The molecule has 3 aromatic rings. The highest BCUT2D eigenvalue weighted by Gasteiger charge is 2.22. The smallest absolute Gasteiger partial charge is 0.306 e. The molecule has 2 aromatic carbocycles. The van der Waals surface area contributed by atoms with Crippen LogP contribution in [-0.2, 0) is 22.5 Å². The van der Waals surface area contributed by atoms with Gasteiger partial charge in [0.05, 0.1) is 25.3 Å². The second-order valence-corrected chi connectivity index (χ2v) is 8.14. The van der Waals surface area contributed by atoms with Crippen LogP contribution in [0.15, 0.2) is 40.9 Å². The van der Waals surface area contributed by atoms with E-state index in [1.54, 1.807) is 6.07 Å². The lowest BCUT2D eigenvalue weighted by molar-refractivity contribution is -0.141. The highest BCUT2D eigenvalue weighted by molar-refractivity contribution is 5.70. The van der Waals surface area contributed by atoms with E-state index < -0.39 is 0 Å². The maximum Gasteiger partial charge on any atom is 0.306 e. The van der Waals surface area contributed by atoms with Gasteiger partial charge in [-0.05, 0) is 49.6 Å². The van der Waals surface area contributed by atoms with Crippen molar-refractivity contribution in [3.63, 3.8) is 0 Å². The van der Waals surface area contributed by atoms with Gasteiger partial charge in [-0.3, -0.25) is 9.69 Å². The topological polar surface area (TPSA) is 104 Å². The van der Waals surface area contributed by atoms with E-state index in [0.717, 1.165) is 30.6 Å². The number of methoxy groups -OCH3 is 1. The van der Waals surface area contributed by atoms with E-state index in [1.165, 1.54) is 18.2 Å². The van der Waals surface area contributed by atoms with Gasteiger partial charge in [0.1, 0.15) is 5.75 Å². The first-order valence-electron chi connectivity index (χ1n) is 10.7. The van der Waals surface area contributed by atoms with Crippen LogP contribution in [0.4, 0.5) is 5.69 Å². The molecular formula is C24H28N4O4. The normalized spacial score (nSPS) is 13.8. The minimum Gasteiger partial charge on any atom is -0.489 e. The second kappa shape index (κ2) is 9.40. The Morgan fingerprint density at radius 1 is 1.28 bits per heavy atom. The van der Waals surface area contributed by atoms with Gasteiger partial charge in [0.2, 0.25) is 5.82 Å². The highest BCUT2D eigenvalue weighted by atomic mass is 16.5. The molecule has 1 aromatic heterocycles. The molecule has 0 atom stereocenters. The van der Waals surface area contributed by atoms with E-state index in [9.17, 15) is 4.79 Å². The van der Waals surface area contributed by atoms with Gasteiger partial charge >= 0.3 is 5.97 Å². The van der Waals surface area contributed by atoms with Gasteiger partial charge in [-0.25, -0.2) is 0 Å². The molecule has 168 valence electrons. The van der Waals surface area contributed by atoms with E-state index in [4.69, 9.17) is 19.7 Å². The van der Waals surface area contributed by atoms with E-state index in [2.05, 4.69) is 21.1 Å². The summed E-state index contributed by atoms with van der Waals surface area (Å²) in [4.78, 5) is 18.3. The maximum absolute atomic E-state index is 11.5. The Morgan fingerprint density at radius 3 is 2.88 bits per heavy atom. The van der Waals surface area contributed by atoms with Crippen molar-refractivity contribution >= 4 is 11.7 Å². The fraction of sp³-hybridized carbons (Fsp3) is 0.375. The molecule has 2 heterocycles. The number of benzene rings is 2. The Hall–Kier alpha value is -3.39. The molecular weight excluding hydrogens is 408 g/mol. The van der Waals surface area contributed by atoms with Gasteiger partial charge in [-0.2, -0.15) is 4.98 Å². The summed E-state index contributed by atoms with van der Waals surface area (Å²) in [5, 5.41) is 4.23. The number of nitrogens with two attached hydrogens (primary N) is 1. The van der Waals surface area contributed by atoms with Crippen LogP contribution in [-0.4, -0.2) is 47.3 Å². The number of hydrogen-bond donors (Lipinski definition) is 1. The van der Waals surface area contributed by atoms with Gasteiger partial charge in [-0.15, -0.1) is 0 Å². The summed E-state index contributed by atoms with van der Waals surface area (Å²) in [5.74, 6) is 1.42. The van der Waals surface area contributed by atoms with Gasteiger partial charge in [0, 0.05) is 30.8 Å². The Bertz CT molecular complexity index is 1110. The van der Waals surface area contributed by atoms with Crippen molar-refractivity contribution in [3.8, 4) is 28.6 Å². The number of aromatic nitrogens is 2. The summed E-state index contributed by atoms with van der Waals surface area (Å²) in [6.07, 6.45) is 1.29. The molecule has 0 saturated heterocycles. The molecule has 0 fully saturated rings. The van der Waals surface area contributed by atoms with Crippen LogP contribution in [0.1, 0.15) is 31.4 Å². The van der Waals surface area contributed by atoms with Crippen LogP contribution in [0.2, 0.25) is 0 Å². The Balaban J connectivity index is 1.53. The molecule has 1 aliphatic heterocycles. The Morgan fingerprint density at radius 2 is 2.12 bits per heavy atom. The number of fused-ring (bicyclic) bond motifs is 1. The lowest BCUT2D eigenvalue weighted by Gasteiger charge is -2.29. The van der Waals surface area contributed by atoms with Crippen LogP contribution < -0.4 is 10.5 Å². The van der Waals surface area contributed by atoms with E-state index in [1.807, 2.05) is 38.1 Å². The third kappa shape index (κ3) is 4.75. The number of anilines is 1.